The van der Waals surface area contributed by atoms with Gasteiger partial charge in [-0.25, -0.2) is 4.98 Å². The molecule has 1 unspecified atom stereocenters. The van der Waals surface area contributed by atoms with Crippen molar-refractivity contribution < 1.29 is 4.42 Å². The van der Waals surface area contributed by atoms with Gasteiger partial charge in [-0.05, 0) is 51.2 Å². The molecule has 3 heterocycles. The lowest BCUT2D eigenvalue weighted by molar-refractivity contribution is 0.669. The van der Waals surface area contributed by atoms with Gasteiger partial charge in [0.25, 0.3) is 0 Å². The largest absolute Gasteiger partial charge is 0.454 e. The summed E-state index contributed by atoms with van der Waals surface area (Å²) in [6.45, 7) is 0. The van der Waals surface area contributed by atoms with Crippen LogP contribution in [0.2, 0.25) is 0 Å². The summed E-state index contributed by atoms with van der Waals surface area (Å²) in [6.07, 6.45) is -0.555. The highest BCUT2D eigenvalue weighted by Crippen LogP contribution is 2.43. The molecule has 2 aromatic heterocycles. The van der Waals surface area contributed by atoms with Gasteiger partial charge in [0.1, 0.15) is 11.1 Å². The van der Waals surface area contributed by atoms with E-state index in [4.69, 9.17) is 24.7 Å². The highest BCUT2D eigenvalue weighted by molar-refractivity contribution is 6.20. The van der Waals surface area contributed by atoms with Crippen molar-refractivity contribution in [2.75, 3.05) is 0 Å². The minimum Gasteiger partial charge on any atom is -0.454 e. The van der Waals surface area contributed by atoms with E-state index in [1.807, 2.05) is 66.7 Å². The van der Waals surface area contributed by atoms with Gasteiger partial charge < -0.3 is 14.7 Å². The first kappa shape index (κ1) is 25.4. The van der Waals surface area contributed by atoms with Crippen molar-refractivity contribution in [2.24, 2.45) is 9.98 Å². The van der Waals surface area contributed by atoms with E-state index in [0.717, 1.165) is 66.2 Å². The lowest BCUT2D eigenvalue weighted by Gasteiger charge is -2.33. The second-order valence-electron chi connectivity index (χ2n) is 11.2. The van der Waals surface area contributed by atoms with Crippen LogP contribution in [0.15, 0.2) is 160 Å². The molecule has 0 spiro atoms. The van der Waals surface area contributed by atoms with Gasteiger partial charge in [-0.15, -0.1) is 0 Å². The summed E-state index contributed by atoms with van der Waals surface area (Å²) in [4.78, 5) is 15.3. The van der Waals surface area contributed by atoms with Crippen molar-refractivity contribution in [3.8, 4) is 11.1 Å². The number of furan rings is 1. The van der Waals surface area contributed by atoms with E-state index in [1.54, 1.807) is 0 Å². The fraction of sp³-hybridized carbons (Fsp3) is 0.0250. The average molecular weight is 578 g/mol. The second-order valence-corrected chi connectivity index (χ2v) is 11.2. The van der Waals surface area contributed by atoms with Crippen LogP contribution in [0.5, 0.6) is 0 Å². The van der Waals surface area contributed by atoms with Gasteiger partial charge in [-0.3, -0.25) is 4.99 Å². The van der Waals surface area contributed by atoms with Gasteiger partial charge in [0.2, 0.25) is 0 Å². The van der Waals surface area contributed by atoms with E-state index in [0.29, 0.717) is 11.7 Å². The number of fused-ring (bicyclic) bond motifs is 5. The maximum atomic E-state index is 6.67. The van der Waals surface area contributed by atoms with Crippen LogP contribution in [0.1, 0.15) is 22.9 Å². The monoisotopic (exact) mass is 577 g/mol. The smallest absolute Gasteiger partial charge is 0.154 e. The first-order valence-electron chi connectivity index (χ1n) is 15.0. The number of pyridine rings is 1. The van der Waals surface area contributed by atoms with Crippen molar-refractivity contribution in [1.29, 1.82) is 0 Å². The van der Waals surface area contributed by atoms with Gasteiger partial charge in [-0.2, -0.15) is 0 Å². The van der Waals surface area contributed by atoms with Crippen LogP contribution in [0.25, 0.3) is 60.2 Å². The maximum absolute atomic E-state index is 6.67. The van der Waals surface area contributed by atoms with Crippen LogP contribution in [0.4, 0.5) is 0 Å². The molecule has 5 heteroatoms. The molecule has 0 amide bonds. The molecule has 1 aliphatic heterocycles. The molecular formula is C40H25N4O-. The first-order valence-corrected chi connectivity index (χ1v) is 15.0. The first-order chi connectivity index (χ1) is 22.3. The number of rotatable bonds is 4. The second kappa shape index (κ2) is 10.3. The Labute approximate surface area is 259 Å². The zero-order valence-corrected chi connectivity index (χ0v) is 24.1. The number of para-hydroxylation sites is 1. The van der Waals surface area contributed by atoms with Crippen molar-refractivity contribution in [3.63, 3.8) is 0 Å². The molecule has 0 bridgehead atoms. The topological polar surface area (TPSA) is 64.8 Å². The number of nitrogens with zero attached hydrogens (tertiary/aromatic N) is 4. The molecule has 6 aromatic carbocycles. The molecule has 0 radical (unpaired) electrons. The molecule has 45 heavy (non-hydrogen) atoms. The molecule has 9 rings (SSSR count). The molecule has 0 N–H and O–H groups in total. The van der Waals surface area contributed by atoms with Gasteiger partial charge in [0.05, 0.1) is 22.9 Å². The summed E-state index contributed by atoms with van der Waals surface area (Å²) in [5.74, 6) is 1.29. The van der Waals surface area contributed by atoms with Crippen molar-refractivity contribution in [2.45, 2.75) is 6.17 Å². The maximum Gasteiger partial charge on any atom is 0.154 e. The molecular weight excluding hydrogens is 552 g/mol. The van der Waals surface area contributed by atoms with Crippen LogP contribution in [0, 0.1) is 0 Å². The summed E-state index contributed by atoms with van der Waals surface area (Å²) in [5.41, 5.74) is 8.11. The van der Waals surface area contributed by atoms with E-state index in [9.17, 15) is 0 Å². The number of hydrogen-bond donors (Lipinski definition) is 0. The highest BCUT2D eigenvalue weighted by atomic mass is 16.3. The SMILES string of the molecule is c1ccc(C2=NC(c3ccc(-c4ccccc4)c4oc5cc6ccccc6nc5c34)[N-]C(c3ccc4ccccc4c3)=N2)cc1. The fourth-order valence-electron chi connectivity index (χ4n) is 6.22. The average Bonchev–Trinajstić information content (AvgIpc) is 3.49. The highest BCUT2D eigenvalue weighted by Gasteiger charge is 2.23. The van der Waals surface area contributed by atoms with Gasteiger partial charge in [0.15, 0.2) is 5.58 Å². The molecule has 1 atom stereocenters. The Hall–Kier alpha value is -6.07. The number of benzene rings is 6. The van der Waals surface area contributed by atoms with Gasteiger partial charge >= 0.3 is 0 Å². The molecule has 1 aliphatic rings. The Kier molecular flexibility index (Phi) is 5.81. The fourth-order valence-corrected chi connectivity index (χ4v) is 6.22. The minimum atomic E-state index is -0.555. The molecule has 8 aromatic rings. The molecule has 0 saturated carbocycles. The summed E-state index contributed by atoms with van der Waals surface area (Å²) < 4.78 is 6.67. The van der Waals surface area contributed by atoms with Crippen LogP contribution in [-0.4, -0.2) is 16.7 Å². The standard InChI is InChI=1S/C40H25N4O/c1-3-12-26(13-4-1)31-21-22-32(35-36-34(45-37(31)35)24-29-17-9-10-18-33(29)41-36)40-43-38(27-14-5-2-6-15-27)42-39(44-40)30-20-19-25-11-7-8-16-28(25)23-30/h1-24,40H/q-1. The number of aromatic nitrogens is 1. The van der Waals surface area contributed by atoms with Crippen LogP contribution in [-0.2, 0) is 0 Å². The number of hydrogen-bond acceptors (Lipinski definition) is 4. The van der Waals surface area contributed by atoms with Crippen LogP contribution >= 0.6 is 0 Å². The van der Waals surface area contributed by atoms with Crippen molar-refractivity contribution >= 4 is 55.4 Å². The van der Waals surface area contributed by atoms with E-state index < -0.39 is 6.17 Å². The normalized spacial score (nSPS) is 14.9. The predicted octanol–water partition coefficient (Wildman–Crippen LogP) is 10.2. The summed E-state index contributed by atoms with van der Waals surface area (Å²) in [5, 5.41) is 9.46. The van der Waals surface area contributed by atoms with E-state index in [2.05, 4.69) is 78.9 Å². The zero-order valence-electron chi connectivity index (χ0n) is 24.1. The zero-order chi connectivity index (χ0) is 29.7. The Morgan fingerprint density at radius 2 is 1.29 bits per heavy atom. The molecule has 0 fully saturated rings. The quantitative estimate of drug-likeness (QED) is 0.209. The molecule has 0 saturated heterocycles. The minimum absolute atomic E-state index is 0.555. The summed E-state index contributed by atoms with van der Waals surface area (Å²) >= 11 is 0. The predicted molar refractivity (Wildman–Crippen MR) is 184 cm³/mol. The molecule has 0 aliphatic carbocycles. The third kappa shape index (κ3) is 4.36. The van der Waals surface area contributed by atoms with Crippen molar-refractivity contribution in [1.82, 2.24) is 4.98 Å². The van der Waals surface area contributed by atoms with Crippen LogP contribution in [0.3, 0.4) is 0 Å². The third-order valence-electron chi connectivity index (χ3n) is 8.43. The van der Waals surface area contributed by atoms with Crippen LogP contribution < -0.4 is 0 Å². The molecule has 5 nitrogen and oxygen atoms in total. The molecule has 212 valence electrons. The Bertz CT molecular complexity index is 2460. The Morgan fingerprint density at radius 1 is 0.578 bits per heavy atom. The van der Waals surface area contributed by atoms with Crippen molar-refractivity contribution in [3.05, 3.63) is 168 Å². The third-order valence-corrected chi connectivity index (χ3v) is 8.43. The summed E-state index contributed by atoms with van der Waals surface area (Å²) in [6, 6.07) is 49.6. The van der Waals surface area contributed by atoms with Gasteiger partial charge in [0, 0.05) is 10.9 Å². The lowest BCUT2D eigenvalue weighted by atomic mass is 9.97. The van der Waals surface area contributed by atoms with Gasteiger partial charge in [-0.1, -0.05) is 133 Å². The van der Waals surface area contributed by atoms with E-state index >= 15 is 0 Å². The summed E-state index contributed by atoms with van der Waals surface area (Å²) in [7, 11) is 0. The number of amidine groups is 2. The Balaban J connectivity index is 1.28. The number of aliphatic imine (C=N–C) groups is 2. The lowest BCUT2D eigenvalue weighted by Crippen LogP contribution is -2.16. The van der Waals surface area contributed by atoms with E-state index in [-0.39, 0.29) is 0 Å². The van der Waals surface area contributed by atoms with E-state index in [1.165, 1.54) is 5.39 Å². The Morgan fingerprint density at radius 3 is 2.11 bits per heavy atom.